The van der Waals surface area contributed by atoms with Crippen molar-refractivity contribution in [2.75, 3.05) is 6.61 Å². The third kappa shape index (κ3) is 82.7. The van der Waals surface area contributed by atoms with E-state index in [1.165, 1.54) is 6.92 Å². The molecule has 0 aromatic carbocycles. The Bertz CT molecular complexity index is 72.2. The molecule has 0 aliphatic carbocycles. The molecule has 0 amide bonds. The van der Waals surface area contributed by atoms with Crippen LogP contribution in [0.15, 0.2) is 0 Å². The summed E-state index contributed by atoms with van der Waals surface area (Å²) in [6.45, 7) is 9.42. The molecule has 82 valence electrons. The summed E-state index contributed by atoms with van der Waals surface area (Å²) in [5.41, 5.74) is 0. The highest BCUT2D eigenvalue weighted by Gasteiger charge is 1.82. The van der Waals surface area contributed by atoms with E-state index in [1.54, 1.807) is 6.92 Å². The average Bonchev–Trinajstić information content (AvgIpc) is 2.07. The molecule has 0 spiro atoms. The smallest absolute Gasteiger partial charge is 0.116 e. The summed E-state index contributed by atoms with van der Waals surface area (Å²) in [6, 6.07) is 0. The molecule has 0 bridgehead atoms. The monoisotopic (exact) mass is 192 g/mol. The second kappa shape index (κ2) is 17.6. The van der Waals surface area contributed by atoms with Crippen molar-refractivity contribution in [3.63, 3.8) is 0 Å². The van der Waals surface area contributed by atoms with Crippen LogP contribution >= 0.6 is 0 Å². The van der Waals surface area contributed by atoms with Gasteiger partial charge in [-0.1, -0.05) is 20.8 Å². The first kappa shape index (κ1) is 18.4. The van der Waals surface area contributed by atoms with Crippen LogP contribution < -0.4 is 0 Å². The minimum Gasteiger partial charge on any atom is -0.396 e. The molecule has 13 heavy (non-hydrogen) atoms. The highest BCUT2D eigenvalue weighted by Crippen LogP contribution is 1.83. The lowest BCUT2D eigenvalue weighted by Crippen LogP contribution is -1.93. The van der Waals surface area contributed by atoms with Crippen LogP contribution in [-0.2, 0) is 4.79 Å². The fourth-order valence-electron chi connectivity index (χ4n) is 0. The summed E-state index contributed by atoms with van der Waals surface area (Å²) >= 11 is 0. The SMILES string of the molecule is CC(C)CO.CC=O.CCC(C)O. The Morgan fingerprint density at radius 3 is 1.46 bits per heavy atom. The molecule has 0 fully saturated rings. The zero-order valence-corrected chi connectivity index (χ0v) is 9.45. The zero-order chi connectivity index (χ0) is 11.3. The Kier molecular flexibility index (Phi) is 24.9. The molecule has 1 atom stereocenters. The first-order valence-corrected chi connectivity index (χ1v) is 4.64. The van der Waals surface area contributed by atoms with Crippen molar-refractivity contribution in [2.45, 2.75) is 47.1 Å². The van der Waals surface area contributed by atoms with Gasteiger partial charge in [0.1, 0.15) is 6.29 Å². The molecule has 0 saturated heterocycles. The molecule has 0 saturated carbocycles. The number of aliphatic hydroxyl groups excluding tert-OH is 2. The molecule has 1 unspecified atom stereocenters. The number of hydrogen-bond acceptors (Lipinski definition) is 3. The van der Waals surface area contributed by atoms with Crippen LogP contribution in [0.2, 0.25) is 0 Å². The van der Waals surface area contributed by atoms with Crippen LogP contribution in [0.1, 0.15) is 41.0 Å². The lowest BCUT2D eigenvalue weighted by Gasteiger charge is -1.90. The summed E-state index contributed by atoms with van der Waals surface area (Å²) in [5, 5.41) is 16.5. The van der Waals surface area contributed by atoms with Crippen LogP contribution in [0.3, 0.4) is 0 Å². The molecule has 3 nitrogen and oxygen atoms in total. The van der Waals surface area contributed by atoms with Gasteiger partial charge in [-0.25, -0.2) is 0 Å². The van der Waals surface area contributed by atoms with Crippen LogP contribution in [0.4, 0.5) is 0 Å². The van der Waals surface area contributed by atoms with E-state index in [9.17, 15) is 0 Å². The van der Waals surface area contributed by atoms with Crippen molar-refractivity contribution in [3.8, 4) is 0 Å². The van der Waals surface area contributed by atoms with Crippen LogP contribution in [0.5, 0.6) is 0 Å². The number of aldehydes is 1. The molecule has 0 radical (unpaired) electrons. The van der Waals surface area contributed by atoms with Gasteiger partial charge in [-0.3, -0.25) is 0 Å². The van der Waals surface area contributed by atoms with Crippen molar-refractivity contribution in [2.24, 2.45) is 5.92 Å². The van der Waals surface area contributed by atoms with E-state index in [0.29, 0.717) is 12.5 Å². The lowest BCUT2D eigenvalue weighted by atomic mass is 10.2. The van der Waals surface area contributed by atoms with Gasteiger partial charge < -0.3 is 15.0 Å². The topological polar surface area (TPSA) is 57.5 Å². The summed E-state index contributed by atoms with van der Waals surface area (Å²) < 4.78 is 0. The number of carbonyl (C=O) groups excluding carboxylic acids is 1. The van der Waals surface area contributed by atoms with Gasteiger partial charge in [0.05, 0.1) is 6.10 Å². The fourth-order valence-corrected chi connectivity index (χ4v) is 0. The highest BCUT2D eigenvalue weighted by molar-refractivity contribution is 5.44. The van der Waals surface area contributed by atoms with Gasteiger partial charge in [0, 0.05) is 6.61 Å². The van der Waals surface area contributed by atoms with E-state index in [4.69, 9.17) is 15.0 Å². The van der Waals surface area contributed by atoms with E-state index in [-0.39, 0.29) is 6.10 Å². The Balaban J connectivity index is -0.000000120. The third-order valence-corrected chi connectivity index (χ3v) is 0.956. The van der Waals surface area contributed by atoms with Crippen molar-refractivity contribution in [1.29, 1.82) is 0 Å². The van der Waals surface area contributed by atoms with E-state index < -0.39 is 0 Å². The van der Waals surface area contributed by atoms with E-state index in [0.717, 1.165) is 12.7 Å². The molecule has 0 aromatic heterocycles. The van der Waals surface area contributed by atoms with E-state index >= 15 is 0 Å². The zero-order valence-electron chi connectivity index (χ0n) is 9.45. The number of hydrogen-bond donors (Lipinski definition) is 2. The molecule has 0 heterocycles. The first-order chi connectivity index (χ1) is 5.95. The van der Waals surface area contributed by atoms with Crippen molar-refractivity contribution >= 4 is 6.29 Å². The summed E-state index contributed by atoms with van der Waals surface area (Å²) in [6.07, 6.45) is 1.50. The molecule has 0 aromatic rings. The van der Waals surface area contributed by atoms with Crippen LogP contribution in [0, 0.1) is 5.92 Å². The molecule has 0 aliphatic rings. The van der Waals surface area contributed by atoms with Crippen LogP contribution in [-0.4, -0.2) is 29.2 Å². The summed E-state index contributed by atoms with van der Waals surface area (Å²) in [4.78, 5) is 8.81. The van der Waals surface area contributed by atoms with Gasteiger partial charge in [-0.05, 0) is 26.2 Å². The van der Waals surface area contributed by atoms with E-state index in [1.807, 2.05) is 20.8 Å². The predicted octanol–water partition coefficient (Wildman–Crippen LogP) is 1.62. The largest absolute Gasteiger partial charge is 0.396 e. The summed E-state index contributed by atoms with van der Waals surface area (Å²) in [5.74, 6) is 0.440. The standard InChI is InChI=1S/2C4H10O.C2H4O/c1-4(2)3-5;1-3-4(2)5;1-2-3/h2*4-5H,3H2,1-2H3;2H,1H3. The molecule has 2 N–H and O–H groups in total. The molecular formula is C10H24O3. The average molecular weight is 192 g/mol. The second-order valence-corrected chi connectivity index (χ2v) is 3.07. The Morgan fingerprint density at radius 1 is 1.31 bits per heavy atom. The molecule has 0 rings (SSSR count). The Morgan fingerprint density at radius 2 is 1.46 bits per heavy atom. The Labute approximate surface area is 81.8 Å². The Hall–Kier alpha value is -0.410. The van der Waals surface area contributed by atoms with Gasteiger partial charge in [-0.15, -0.1) is 0 Å². The van der Waals surface area contributed by atoms with E-state index in [2.05, 4.69) is 0 Å². The minimum absolute atomic E-state index is 0.116. The van der Waals surface area contributed by atoms with Crippen molar-refractivity contribution in [1.82, 2.24) is 0 Å². The molecule has 3 heteroatoms. The molecular weight excluding hydrogens is 168 g/mol. The second-order valence-electron chi connectivity index (χ2n) is 3.07. The quantitative estimate of drug-likeness (QED) is 0.654. The van der Waals surface area contributed by atoms with Crippen molar-refractivity contribution in [3.05, 3.63) is 0 Å². The van der Waals surface area contributed by atoms with Gasteiger partial charge >= 0.3 is 0 Å². The minimum atomic E-state index is -0.116. The number of rotatable bonds is 2. The summed E-state index contributed by atoms with van der Waals surface area (Å²) in [7, 11) is 0. The lowest BCUT2D eigenvalue weighted by molar-refractivity contribution is -0.106. The van der Waals surface area contributed by atoms with Crippen molar-refractivity contribution < 1.29 is 15.0 Å². The first-order valence-electron chi connectivity index (χ1n) is 4.64. The third-order valence-electron chi connectivity index (χ3n) is 0.956. The van der Waals surface area contributed by atoms with Gasteiger partial charge in [-0.2, -0.15) is 0 Å². The van der Waals surface area contributed by atoms with Gasteiger partial charge in [0.25, 0.3) is 0 Å². The maximum absolute atomic E-state index is 8.81. The van der Waals surface area contributed by atoms with Gasteiger partial charge in [0.2, 0.25) is 0 Å². The van der Waals surface area contributed by atoms with Gasteiger partial charge in [0.15, 0.2) is 0 Å². The fraction of sp³-hybridized carbons (Fsp3) is 0.900. The van der Waals surface area contributed by atoms with Crippen LogP contribution in [0.25, 0.3) is 0 Å². The predicted molar refractivity (Wildman–Crippen MR) is 55.6 cm³/mol. The normalized spacial score (nSPS) is 10.5. The molecule has 0 aliphatic heterocycles. The number of aliphatic hydroxyl groups is 2. The maximum atomic E-state index is 8.81. The maximum Gasteiger partial charge on any atom is 0.116 e. The number of carbonyl (C=O) groups is 1. The highest BCUT2D eigenvalue weighted by atomic mass is 16.3.